The van der Waals surface area contributed by atoms with E-state index >= 15 is 0 Å². The Morgan fingerprint density at radius 1 is 0.892 bits per heavy atom. The summed E-state index contributed by atoms with van der Waals surface area (Å²) in [6.07, 6.45) is 0. The number of methoxy groups -OCH3 is 1. The summed E-state index contributed by atoms with van der Waals surface area (Å²) in [6.45, 7) is 1.39. The molecule has 0 radical (unpaired) electrons. The first-order valence-electron chi connectivity index (χ1n) is 11.3. The van der Waals surface area contributed by atoms with E-state index in [0.29, 0.717) is 33.2 Å². The average molecular weight is 493 g/mol. The summed E-state index contributed by atoms with van der Waals surface area (Å²) < 4.78 is 5.23. The second-order valence-electron chi connectivity index (χ2n) is 8.50. The summed E-state index contributed by atoms with van der Waals surface area (Å²) in [4.78, 5) is 41.1. The highest BCUT2D eigenvalue weighted by Crippen LogP contribution is 2.40. The summed E-state index contributed by atoms with van der Waals surface area (Å²) in [5.41, 5.74) is 2.37. The van der Waals surface area contributed by atoms with Crippen molar-refractivity contribution in [3.63, 3.8) is 0 Å². The Bertz CT molecular complexity index is 1770. The third kappa shape index (κ3) is 3.38. The Morgan fingerprint density at radius 3 is 2.35 bits per heavy atom. The van der Waals surface area contributed by atoms with E-state index in [1.807, 2.05) is 0 Å². The van der Waals surface area contributed by atoms with Crippen molar-refractivity contribution in [1.29, 1.82) is 0 Å². The van der Waals surface area contributed by atoms with Gasteiger partial charge in [0.1, 0.15) is 22.5 Å². The van der Waals surface area contributed by atoms with Gasteiger partial charge < -0.3 is 15.2 Å². The van der Waals surface area contributed by atoms with E-state index in [-0.39, 0.29) is 34.2 Å². The number of hydrogen-bond acceptors (Lipinski definition) is 7. The van der Waals surface area contributed by atoms with Gasteiger partial charge >= 0.3 is 0 Å². The van der Waals surface area contributed by atoms with Gasteiger partial charge in [-0.2, -0.15) is 0 Å². The van der Waals surface area contributed by atoms with Gasteiger partial charge in [0.05, 0.1) is 12.8 Å². The van der Waals surface area contributed by atoms with Crippen molar-refractivity contribution in [3.8, 4) is 17.2 Å². The smallest absolute Gasteiger partial charge is 0.266 e. The second kappa shape index (κ2) is 8.16. The molecule has 5 aromatic rings. The molecule has 182 valence electrons. The van der Waals surface area contributed by atoms with Crippen LogP contribution in [-0.2, 0) is 4.79 Å². The zero-order valence-corrected chi connectivity index (χ0v) is 19.7. The molecular weight excluding hydrogens is 474 g/mol. The maximum absolute atomic E-state index is 13.6. The fourth-order valence-corrected chi connectivity index (χ4v) is 4.60. The minimum atomic E-state index is -0.598. The van der Waals surface area contributed by atoms with Crippen LogP contribution in [0, 0.1) is 0 Å². The standard InChI is InChI=1S/C27H19N5O5/c1-14(33)28-19-12-10-18-24-16(19)5-3-6-17(24)26(35)31(27(18)36)22-7-4-8-23(25(22)34)32-29-20-11-9-15(37-2)13-21(20)30-32/h3-13,34H,1-2H3,(H,28,33). The van der Waals surface area contributed by atoms with Gasteiger partial charge in [-0.3, -0.25) is 14.4 Å². The third-order valence-electron chi connectivity index (χ3n) is 6.26. The minimum Gasteiger partial charge on any atom is -0.504 e. The lowest BCUT2D eigenvalue weighted by molar-refractivity contribution is -0.114. The Morgan fingerprint density at radius 2 is 1.59 bits per heavy atom. The number of nitrogens with zero attached hydrogens (tertiary/aromatic N) is 4. The minimum absolute atomic E-state index is 0.0000252. The second-order valence-corrected chi connectivity index (χ2v) is 8.50. The van der Waals surface area contributed by atoms with Crippen LogP contribution < -0.4 is 15.0 Å². The lowest BCUT2D eigenvalue weighted by atomic mass is 9.92. The van der Waals surface area contributed by atoms with Crippen LogP contribution >= 0.6 is 0 Å². The number of para-hydroxylation sites is 1. The molecule has 3 amide bonds. The number of hydrogen-bond donors (Lipinski definition) is 2. The van der Waals surface area contributed by atoms with Crippen LogP contribution in [-0.4, -0.2) is 44.9 Å². The average Bonchev–Trinajstić information content (AvgIpc) is 3.31. The number of amides is 3. The van der Waals surface area contributed by atoms with Crippen LogP contribution in [0.4, 0.5) is 11.4 Å². The van der Waals surface area contributed by atoms with Crippen molar-refractivity contribution in [1.82, 2.24) is 15.0 Å². The molecule has 10 nitrogen and oxygen atoms in total. The number of imide groups is 1. The topological polar surface area (TPSA) is 127 Å². The predicted octanol–water partition coefficient (Wildman–Crippen LogP) is 4.05. The van der Waals surface area contributed by atoms with Crippen LogP contribution in [0.15, 0.2) is 66.7 Å². The molecule has 0 unspecified atom stereocenters. The summed E-state index contributed by atoms with van der Waals surface area (Å²) in [7, 11) is 1.55. The summed E-state index contributed by atoms with van der Waals surface area (Å²) >= 11 is 0. The van der Waals surface area contributed by atoms with Gasteiger partial charge in [-0.05, 0) is 42.5 Å². The molecule has 37 heavy (non-hydrogen) atoms. The maximum atomic E-state index is 13.6. The molecule has 1 aliphatic heterocycles. The van der Waals surface area contributed by atoms with Gasteiger partial charge in [0.15, 0.2) is 5.75 Å². The van der Waals surface area contributed by atoms with Crippen LogP contribution in [0.1, 0.15) is 27.6 Å². The number of phenolic OH excluding ortho intramolecular Hbond substituents is 1. The molecular formula is C27H19N5O5. The van der Waals surface area contributed by atoms with Crippen molar-refractivity contribution in [2.75, 3.05) is 17.3 Å². The highest BCUT2D eigenvalue weighted by atomic mass is 16.5. The number of rotatable bonds is 4. The van der Waals surface area contributed by atoms with Crippen LogP contribution in [0.5, 0.6) is 11.5 Å². The number of carbonyl (C=O) groups excluding carboxylic acids is 3. The van der Waals surface area contributed by atoms with E-state index in [4.69, 9.17) is 4.74 Å². The molecule has 2 heterocycles. The normalized spacial score (nSPS) is 12.9. The molecule has 4 aromatic carbocycles. The van der Waals surface area contributed by atoms with E-state index in [1.165, 1.54) is 17.8 Å². The van der Waals surface area contributed by atoms with E-state index in [0.717, 1.165) is 4.90 Å². The number of anilines is 2. The van der Waals surface area contributed by atoms with E-state index in [1.54, 1.807) is 67.8 Å². The molecule has 0 atom stereocenters. The SMILES string of the molecule is COc1ccc2nn(-c3cccc(N4C(=O)c5cccc6c(NC(C)=O)ccc(c56)C4=O)c3O)nc2c1. The molecule has 1 aliphatic rings. The molecule has 0 saturated carbocycles. The van der Waals surface area contributed by atoms with E-state index in [2.05, 4.69) is 15.5 Å². The summed E-state index contributed by atoms with van der Waals surface area (Å²) in [6, 6.07) is 18.1. The van der Waals surface area contributed by atoms with Crippen molar-refractivity contribution >= 4 is 50.9 Å². The first kappa shape index (κ1) is 22.2. The molecule has 2 N–H and O–H groups in total. The summed E-state index contributed by atoms with van der Waals surface area (Å²) in [5, 5.41) is 23.8. The number of ether oxygens (including phenoxy) is 1. The molecule has 6 rings (SSSR count). The first-order chi connectivity index (χ1) is 17.9. The molecule has 0 saturated heterocycles. The number of phenols is 1. The van der Waals surface area contributed by atoms with Gasteiger partial charge in [0, 0.05) is 40.6 Å². The number of nitrogens with one attached hydrogen (secondary N) is 1. The Labute approximate surface area is 209 Å². The molecule has 10 heteroatoms. The van der Waals surface area contributed by atoms with Crippen molar-refractivity contribution < 1.29 is 24.2 Å². The van der Waals surface area contributed by atoms with Crippen LogP contribution in [0.25, 0.3) is 27.5 Å². The zero-order valence-electron chi connectivity index (χ0n) is 19.7. The Balaban J connectivity index is 1.47. The number of carbonyl (C=O) groups is 3. The fourth-order valence-electron chi connectivity index (χ4n) is 4.60. The molecule has 0 aliphatic carbocycles. The van der Waals surface area contributed by atoms with Gasteiger partial charge in [0.25, 0.3) is 11.8 Å². The van der Waals surface area contributed by atoms with Gasteiger partial charge in [0.2, 0.25) is 5.91 Å². The van der Waals surface area contributed by atoms with Crippen molar-refractivity contribution in [2.24, 2.45) is 0 Å². The lowest BCUT2D eigenvalue weighted by Gasteiger charge is -2.28. The number of aromatic nitrogens is 3. The quantitative estimate of drug-likeness (QED) is 0.362. The van der Waals surface area contributed by atoms with E-state index in [9.17, 15) is 19.5 Å². The largest absolute Gasteiger partial charge is 0.504 e. The first-order valence-corrected chi connectivity index (χ1v) is 11.3. The van der Waals surface area contributed by atoms with Gasteiger partial charge in [-0.15, -0.1) is 15.0 Å². The zero-order chi connectivity index (χ0) is 25.8. The Hall–Kier alpha value is -5.25. The highest BCUT2D eigenvalue weighted by molar-refractivity contribution is 6.37. The molecule has 0 fully saturated rings. The lowest BCUT2D eigenvalue weighted by Crippen LogP contribution is -2.40. The van der Waals surface area contributed by atoms with Crippen molar-refractivity contribution in [3.05, 3.63) is 77.9 Å². The third-order valence-corrected chi connectivity index (χ3v) is 6.26. The fraction of sp³-hybridized carbons (Fsp3) is 0.0741. The van der Waals surface area contributed by atoms with Crippen LogP contribution in [0.2, 0.25) is 0 Å². The molecule has 0 spiro atoms. The Kier molecular flexibility index (Phi) is 4.90. The van der Waals surface area contributed by atoms with Crippen LogP contribution in [0.3, 0.4) is 0 Å². The maximum Gasteiger partial charge on any atom is 0.266 e. The predicted molar refractivity (Wildman–Crippen MR) is 136 cm³/mol. The molecule has 1 aromatic heterocycles. The van der Waals surface area contributed by atoms with E-state index < -0.39 is 11.8 Å². The van der Waals surface area contributed by atoms with Crippen molar-refractivity contribution in [2.45, 2.75) is 6.92 Å². The summed E-state index contributed by atoms with van der Waals surface area (Å²) in [5.74, 6) is -1.19. The highest BCUT2D eigenvalue weighted by Gasteiger charge is 2.36. The number of aromatic hydroxyl groups is 1. The number of fused-ring (bicyclic) bond motifs is 1. The monoisotopic (exact) mass is 493 g/mol. The van der Waals surface area contributed by atoms with Gasteiger partial charge in [-0.1, -0.05) is 18.2 Å². The number of benzene rings is 4. The van der Waals surface area contributed by atoms with Gasteiger partial charge in [-0.25, -0.2) is 4.90 Å². The molecule has 0 bridgehead atoms.